The summed E-state index contributed by atoms with van der Waals surface area (Å²) >= 11 is 0. The van der Waals surface area contributed by atoms with E-state index in [9.17, 15) is 0 Å². The number of nitrogens with one attached hydrogen (secondary N) is 1. The van der Waals surface area contributed by atoms with Gasteiger partial charge in [-0.05, 0) is 42.4 Å². The van der Waals surface area contributed by atoms with Crippen LogP contribution < -0.4 is 9.64 Å². The van der Waals surface area contributed by atoms with Gasteiger partial charge in [0.25, 0.3) is 0 Å². The van der Waals surface area contributed by atoms with Gasteiger partial charge in [0.2, 0.25) is 0 Å². The number of pyridine rings is 1. The van der Waals surface area contributed by atoms with Crippen molar-refractivity contribution in [3.63, 3.8) is 0 Å². The Morgan fingerprint density at radius 1 is 1.16 bits per heavy atom. The average molecular weight is 422 g/mol. The summed E-state index contributed by atoms with van der Waals surface area (Å²) in [7, 11) is 2.16. The van der Waals surface area contributed by atoms with E-state index in [1.807, 2.05) is 24.3 Å². The number of fused-ring (bicyclic) bond motifs is 4. The first kappa shape index (κ1) is 18.8. The van der Waals surface area contributed by atoms with Gasteiger partial charge in [0.1, 0.15) is 12.4 Å². The minimum Gasteiger partial charge on any atom is -0.489 e. The fourth-order valence-corrected chi connectivity index (χ4v) is 4.79. The number of aromatic amines is 1. The Hall–Kier alpha value is -3.89. The van der Waals surface area contributed by atoms with Gasteiger partial charge in [0.05, 0.1) is 29.5 Å². The van der Waals surface area contributed by atoms with E-state index in [4.69, 9.17) is 11.3 Å². The largest absolute Gasteiger partial charge is 0.489 e. The number of likely N-dealkylation sites (N-methyl/N-ethyl adjacent to an activating group) is 1. The van der Waals surface area contributed by atoms with Crippen molar-refractivity contribution in [1.29, 1.82) is 0 Å². The Morgan fingerprint density at radius 3 is 2.94 bits per heavy atom. The Labute approximate surface area is 186 Å². The molecule has 1 unspecified atom stereocenters. The molecule has 0 spiro atoms. The first-order chi connectivity index (χ1) is 15.7. The van der Waals surface area contributed by atoms with Crippen molar-refractivity contribution in [3.8, 4) is 28.1 Å². The third-order valence-electron chi connectivity index (χ3n) is 6.43. The first-order valence-corrected chi connectivity index (χ1v) is 10.7. The smallest absolute Gasteiger partial charge is 0.197 e. The summed E-state index contributed by atoms with van der Waals surface area (Å²) in [5, 5.41) is 8.68. The quantitative estimate of drug-likeness (QED) is 0.487. The molecule has 7 nitrogen and oxygen atoms in total. The van der Waals surface area contributed by atoms with E-state index < -0.39 is 0 Å². The van der Waals surface area contributed by atoms with Crippen LogP contribution in [0.2, 0.25) is 0 Å². The molecule has 6 rings (SSSR count). The minimum atomic E-state index is 0.396. The molecule has 0 radical (unpaired) electrons. The average Bonchev–Trinajstić information content (AvgIpc) is 3.26. The SMILES string of the molecule is [C-]#[N+]c1cc2[nH]nc(-c3ccc4c(c3)OCC3CN(C)CCN43)c2cc1-c1cccnc1. The molecule has 1 N–H and O–H groups in total. The summed E-state index contributed by atoms with van der Waals surface area (Å²) in [5.41, 5.74) is 6.21. The van der Waals surface area contributed by atoms with Crippen LogP contribution in [-0.4, -0.2) is 59.4 Å². The third-order valence-corrected chi connectivity index (χ3v) is 6.43. The van der Waals surface area contributed by atoms with Gasteiger partial charge in [0, 0.05) is 43.0 Å². The third kappa shape index (κ3) is 3.00. The highest BCUT2D eigenvalue weighted by atomic mass is 16.5. The molecule has 0 saturated carbocycles. The maximum atomic E-state index is 7.62. The number of anilines is 1. The Bertz CT molecular complexity index is 1360. The van der Waals surface area contributed by atoms with Crippen LogP contribution in [0.5, 0.6) is 5.75 Å². The van der Waals surface area contributed by atoms with Gasteiger partial charge in [-0.25, -0.2) is 4.85 Å². The molecule has 2 aliphatic rings. The zero-order valence-corrected chi connectivity index (χ0v) is 17.7. The highest BCUT2D eigenvalue weighted by Gasteiger charge is 2.32. The standard InChI is InChI=1S/C25H22N6O/c1-26-21-12-22-20(11-19(21)17-4-3-7-27-13-17)25(29-28-22)16-5-6-23-24(10-16)32-15-18-14-30(2)8-9-31(18)23/h3-7,10-13,18H,8-9,14-15H2,2H3,(H,28,29). The molecule has 4 aromatic rings. The second-order valence-corrected chi connectivity index (χ2v) is 8.44. The topological polar surface area (TPSA) is 61.6 Å². The molecule has 1 atom stereocenters. The Balaban J connectivity index is 1.44. The maximum absolute atomic E-state index is 7.62. The lowest BCUT2D eigenvalue weighted by Gasteiger charge is -2.44. The molecule has 1 fully saturated rings. The van der Waals surface area contributed by atoms with Gasteiger partial charge >= 0.3 is 0 Å². The summed E-state index contributed by atoms with van der Waals surface area (Å²) < 4.78 is 6.17. The van der Waals surface area contributed by atoms with Gasteiger partial charge in [-0.1, -0.05) is 18.2 Å². The van der Waals surface area contributed by atoms with Gasteiger partial charge in [-0.2, -0.15) is 5.10 Å². The van der Waals surface area contributed by atoms with E-state index in [0.717, 1.165) is 64.4 Å². The Morgan fingerprint density at radius 2 is 2.09 bits per heavy atom. The number of piperazine rings is 1. The number of hydrogen-bond donors (Lipinski definition) is 1. The van der Waals surface area contributed by atoms with Crippen molar-refractivity contribution < 1.29 is 4.74 Å². The highest BCUT2D eigenvalue weighted by Crippen LogP contribution is 2.41. The van der Waals surface area contributed by atoms with E-state index in [2.05, 4.69) is 55.1 Å². The lowest BCUT2D eigenvalue weighted by Crippen LogP contribution is -2.56. The van der Waals surface area contributed by atoms with Crippen molar-refractivity contribution in [2.45, 2.75) is 6.04 Å². The number of ether oxygens (including phenoxy) is 1. The van der Waals surface area contributed by atoms with Crippen LogP contribution in [-0.2, 0) is 0 Å². The highest BCUT2D eigenvalue weighted by molar-refractivity contribution is 6.00. The van der Waals surface area contributed by atoms with E-state index >= 15 is 0 Å². The van der Waals surface area contributed by atoms with Crippen molar-refractivity contribution in [2.24, 2.45) is 0 Å². The van der Waals surface area contributed by atoms with Gasteiger partial charge in [-0.3, -0.25) is 10.1 Å². The fourth-order valence-electron chi connectivity index (χ4n) is 4.79. The molecular formula is C25H22N6O. The van der Waals surface area contributed by atoms with Crippen molar-refractivity contribution in [1.82, 2.24) is 20.1 Å². The van der Waals surface area contributed by atoms with Crippen LogP contribution in [0, 0.1) is 6.57 Å². The van der Waals surface area contributed by atoms with Gasteiger partial charge < -0.3 is 14.5 Å². The van der Waals surface area contributed by atoms with E-state index in [1.165, 1.54) is 0 Å². The van der Waals surface area contributed by atoms with Gasteiger partial charge in [0.15, 0.2) is 5.69 Å². The van der Waals surface area contributed by atoms with Crippen LogP contribution in [0.25, 0.3) is 38.1 Å². The molecular weight excluding hydrogens is 400 g/mol. The number of H-pyrrole nitrogens is 1. The summed E-state index contributed by atoms with van der Waals surface area (Å²) in [6, 6.07) is 14.5. The van der Waals surface area contributed by atoms with Gasteiger partial charge in [-0.15, -0.1) is 0 Å². The normalized spacial score (nSPS) is 18.0. The van der Waals surface area contributed by atoms with Crippen LogP contribution in [0.15, 0.2) is 54.9 Å². The summed E-state index contributed by atoms with van der Waals surface area (Å²) in [6.45, 7) is 11.4. The lowest BCUT2D eigenvalue weighted by molar-refractivity contribution is 0.188. The molecule has 7 heteroatoms. The lowest BCUT2D eigenvalue weighted by atomic mass is 9.99. The van der Waals surface area contributed by atoms with Crippen LogP contribution >= 0.6 is 0 Å². The molecule has 1 saturated heterocycles. The van der Waals surface area contributed by atoms with Crippen molar-refractivity contribution >= 4 is 22.3 Å². The molecule has 2 aromatic heterocycles. The number of benzene rings is 2. The molecule has 0 bridgehead atoms. The fraction of sp³-hybridized carbons (Fsp3) is 0.240. The molecule has 0 aliphatic carbocycles. The molecule has 2 aromatic carbocycles. The Kier molecular flexibility index (Phi) is 4.33. The number of hydrogen-bond acceptors (Lipinski definition) is 5. The predicted octanol–water partition coefficient (Wildman–Crippen LogP) is 4.36. The van der Waals surface area contributed by atoms with Crippen LogP contribution in [0.4, 0.5) is 11.4 Å². The molecule has 32 heavy (non-hydrogen) atoms. The second-order valence-electron chi connectivity index (χ2n) is 8.44. The van der Waals surface area contributed by atoms with E-state index in [1.54, 1.807) is 12.4 Å². The monoisotopic (exact) mass is 422 g/mol. The first-order valence-electron chi connectivity index (χ1n) is 10.7. The zero-order valence-electron chi connectivity index (χ0n) is 17.7. The molecule has 158 valence electrons. The second kappa shape index (κ2) is 7.36. The predicted molar refractivity (Wildman–Crippen MR) is 125 cm³/mol. The number of nitrogens with zero attached hydrogens (tertiary/aromatic N) is 5. The van der Waals surface area contributed by atoms with Crippen molar-refractivity contribution in [3.05, 3.63) is 66.3 Å². The molecule has 4 heterocycles. The number of aromatic nitrogens is 3. The summed E-state index contributed by atoms with van der Waals surface area (Å²) in [6.07, 6.45) is 3.52. The van der Waals surface area contributed by atoms with Crippen LogP contribution in [0.3, 0.4) is 0 Å². The summed E-state index contributed by atoms with van der Waals surface area (Å²) in [4.78, 5) is 12.8. The van der Waals surface area contributed by atoms with Crippen molar-refractivity contribution in [2.75, 3.05) is 38.2 Å². The maximum Gasteiger partial charge on any atom is 0.197 e. The summed E-state index contributed by atoms with van der Waals surface area (Å²) in [5.74, 6) is 0.907. The van der Waals surface area contributed by atoms with E-state index in [-0.39, 0.29) is 0 Å². The van der Waals surface area contributed by atoms with E-state index in [0.29, 0.717) is 18.3 Å². The van der Waals surface area contributed by atoms with Crippen LogP contribution in [0.1, 0.15) is 0 Å². The molecule has 0 amide bonds. The number of rotatable bonds is 2. The minimum absolute atomic E-state index is 0.396. The zero-order chi connectivity index (χ0) is 21.7. The molecule has 2 aliphatic heterocycles.